The molecule has 0 aliphatic carbocycles. The Balaban J connectivity index is 4.33. The first-order chi connectivity index (χ1) is 7.04. The average molecular weight is 273 g/mol. The van der Waals surface area contributed by atoms with Crippen molar-refractivity contribution in [3.8, 4) is 0 Å². The van der Waals surface area contributed by atoms with E-state index < -0.39 is 31.7 Å². The third kappa shape index (κ3) is 7.15. The molecule has 0 aromatic carbocycles. The molecule has 0 heterocycles. The van der Waals surface area contributed by atoms with E-state index in [9.17, 15) is 16.8 Å². The zero-order chi connectivity index (χ0) is 13.0. The Morgan fingerprint density at radius 1 is 1.19 bits per heavy atom. The lowest BCUT2D eigenvalue weighted by molar-refractivity contribution is 0.177. The van der Waals surface area contributed by atoms with Gasteiger partial charge in [-0.25, -0.2) is 21.1 Å². The van der Waals surface area contributed by atoms with Gasteiger partial charge in [-0.15, -0.1) is 0 Å². The minimum atomic E-state index is -3.55. The summed E-state index contributed by atoms with van der Waals surface area (Å²) in [5, 5.41) is 9.01. The fourth-order valence-corrected chi connectivity index (χ4v) is 3.67. The van der Waals surface area contributed by atoms with E-state index in [0.717, 1.165) is 10.6 Å². The number of hydrogen-bond donors (Lipinski definition) is 1. The fraction of sp³-hybridized carbons (Fsp3) is 1.00. The number of hydrogen-bond acceptors (Lipinski definition) is 5. The van der Waals surface area contributed by atoms with Gasteiger partial charge in [-0.3, -0.25) is 0 Å². The average Bonchev–Trinajstić information content (AvgIpc) is 2.10. The van der Waals surface area contributed by atoms with Crippen molar-refractivity contribution in [2.24, 2.45) is 0 Å². The van der Waals surface area contributed by atoms with Crippen LogP contribution in [0.2, 0.25) is 0 Å². The molecule has 1 atom stereocenters. The standard InChI is InChI=1S/C8H19NO5S2/c1-8(10)4-5-9(2)16(13,14)7-6-15(3,11)12/h8,10H,4-7H2,1-3H3. The molecule has 0 aromatic rings. The Bertz CT molecular complexity index is 398. The molecule has 0 aliphatic heterocycles. The Labute approximate surface area is 97.2 Å². The third-order valence-electron chi connectivity index (χ3n) is 2.05. The predicted molar refractivity (Wildman–Crippen MR) is 62.4 cm³/mol. The van der Waals surface area contributed by atoms with Gasteiger partial charge in [0.15, 0.2) is 0 Å². The van der Waals surface area contributed by atoms with Crippen LogP contribution in [0.1, 0.15) is 13.3 Å². The summed E-state index contributed by atoms with van der Waals surface area (Å²) in [4.78, 5) is 0. The van der Waals surface area contributed by atoms with Gasteiger partial charge in [0.05, 0.1) is 17.6 Å². The van der Waals surface area contributed by atoms with Gasteiger partial charge in [0.2, 0.25) is 10.0 Å². The molecule has 0 saturated heterocycles. The number of aliphatic hydroxyl groups excluding tert-OH is 1. The van der Waals surface area contributed by atoms with Gasteiger partial charge in [-0.2, -0.15) is 0 Å². The van der Waals surface area contributed by atoms with Crippen molar-refractivity contribution in [1.82, 2.24) is 4.31 Å². The van der Waals surface area contributed by atoms with Crippen molar-refractivity contribution < 1.29 is 21.9 Å². The molecule has 0 spiro atoms. The maximum absolute atomic E-state index is 11.6. The molecule has 16 heavy (non-hydrogen) atoms. The minimum absolute atomic E-state index is 0.184. The summed E-state index contributed by atoms with van der Waals surface area (Å²) < 4.78 is 45.9. The fourth-order valence-electron chi connectivity index (χ4n) is 0.920. The van der Waals surface area contributed by atoms with E-state index >= 15 is 0 Å². The normalized spacial score (nSPS) is 15.3. The van der Waals surface area contributed by atoms with Crippen molar-refractivity contribution in [3.05, 3.63) is 0 Å². The maximum atomic E-state index is 11.6. The second-order valence-corrected chi connectivity index (χ2v) is 8.36. The molecule has 8 heteroatoms. The quantitative estimate of drug-likeness (QED) is 0.646. The largest absolute Gasteiger partial charge is 0.393 e. The van der Waals surface area contributed by atoms with E-state index in [2.05, 4.69) is 0 Å². The molecule has 1 unspecified atom stereocenters. The Kier molecular flexibility index (Phi) is 5.88. The van der Waals surface area contributed by atoms with E-state index in [0.29, 0.717) is 6.42 Å². The highest BCUT2D eigenvalue weighted by Crippen LogP contribution is 2.02. The zero-order valence-corrected chi connectivity index (χ0v) is 11.4. The smallest absolute Gasteiger partial charge is 0.214 e. The first kappa shape index (κ1) is 15.8. The molecular formula is C8H19NO5S2. The Hall–Kier alpha value is -0.180. The van der Waals surface area contributed by atoms with Crippen LogP contribution in [-0.4, -0.2) is 63.7 Å². The van der Waals surface area contributed by atoms with Gasteiger partial charge in [0, 0.05) is 19.8 Å². The minimum Gasteiger partial charge on any atom is -0.393 e. The highest BCUT2D eigenvalue weighted by Gasteiger charge is 2.20. The van der Waals surface area contributed by atoms with Gasteiger partial charge in [0.25, 0.3) is 0 Å². The molecule has 0 bridgehead atoms. The lowest BCUT2D eigenvalue weighted by Crippen LogP contribution is -2.33. The zero-order valence-electron chi connectivity index (χ0n) is 9.75. The molecule has 0 amide bonds. The molecular weight excluding hydrogens is 254 g/mol. The summed E-state index contributed by atoms with van der Waals surface area (Å²) in [6.45, 7) is 1.75. The van der Waals surface area contributed by atoms with Crippen LogP contribution in [0.5, 0.6) is 0 Å². The molecule has 0 fully saturated rings. The first-order valence-corrected chi connectivity index (χ1v) is 8.51. The van der Waals surface area contributed by atoms with Gasteiger partial charge < -0.3 is 5.11 Å². The Morgan fingerprint density at radius 2 is 1.69 bits per heavy atom. The van der Waals surface area contributed by atoms with Crippen LogP contribution >= 0.6 is 0 Å². The van der Waals surface area contributed by atoms with Crippen molar-refractivity contribution in [3.63, 3.8) is 0 Å². The monoisotopic (exact) mass is 273 g/mol. The van der Waals surface area contributed by atoms with Crippen LogP contribution in [-0.2, 0) is 19.9 Å². The summed E-state index contributed by atoms with van der Waals surface area (Å²) in [6, 6.07) is 0. The van der Waals surface area contributed by atoms with E-state index in [1.54, 1.807) is 6.92 Å². The highest BCUT2D eigenvalue weighted by atomic mass is 32.2. The summed E-state index contributed by atoms with van der Waals surface area (Å²) in [5.41, 5.74) is 0. The number of aliphatic hydroxyl groups is 1. The lowest BCUT2D eigenvalue weighted by Gasteiger charge is -2.17. The van der Waals surface area contributed by atoms with Gasteiger partial charge in [-0.05, 0) is 13.3 Å². The van der Waals surface area contributed by atoms with E-state index in [1.165, 1.54) is 7.05 Å². The summed E-state index contributed by atoms with van der Waals surface area (Å²) in [5.74, 6) is -0.795. The molecule has 0 saturated carbocycles. The van der Waals surface area contributed by atoms with Crippen molar-refractivity contribution >= 4 is 19.9 Å². The second-order valence-electron chi connectivity index (χ2n) is 3.91. The number of sulfonamides is 1. The molecule has 0 aliphatic rings. The van der Waals surface area contributed by atoms with E-state index in [1.807, 2.05) is 0 Å². The second kappa shape index (κ2) is 5.95. The number of sulfone groups is 1. The van der Waals surface area contributed by atoms with E-state index in [4.69, 9.17) is 5.11 Å². The molecule has 0 radical (unpaired) electrons. The SMILES string of the molecule is CC(O)CCN(C)S(=O)(=O)CCS(C)(=O)=O. The van der Waals surface area contributed by atoms with Gasteiger partial charge >= 0.3 is 0 Å². The molecule has 0 rings (SSSR count). The van der Waals surface area contributed by atoms with E-state index in [-0.39, 0.29) is 12.3 Å². The molecule has 98 valence electrons. The van der Waals surface area contributed by atoms with Crippen LogP contribution in [0.25, 0.3) is 0 Å². The summed E-state index contributed by atoms with van der Waals surface area (Å²) in [7, 11) is -5.45. The Morgan fingerprint density at radius 3 is 2.06 bits per heavy atom. The van der Waals surface area contributed by atoms with Crippen LogP contribution < -0.4 is 0 Å². The van der Waals surface area contributed by atoms with Gasteiger partial charge in [-0.1, -0.05) is 0 Å². The van der Waals surface area contributed by atoms with Crippen LogP contribution in [0, 0.1) is 0 Å². The van der Waals surface area contributed by atoms with Crippen LogP contribution in [0.15, 0.2) is 0 Å². The van der Waals surface area contributed by atoms with Crippen molar-refractivity contribution in [2.45, 2.75) is 19.4 Å². The summed E-state index contributed by atoms with van der Waals surface area (Å²) >= 11 is 0. The molecule has 0 aromatic heterocycles. The first-order valence-electron chi connectivity index (χ1n) is 4.84. The number of nitrogens with zero attached hydrogens (tertiary/aromatic N) is 1. The predicted octanol–water partition coefficient (Wildman–Crippen LogP) is -0.936. The maximum Gasteiger partial charge on any atom is 0.214 e. The topological polar surface area (TPSA) is 91.8 Å². The number of rotatable bonds is 7. The van der Waals surface area contributed by atoms with Crippen molar-refractivity contribution in [1.29, 1.82) is 0 Å². The van der Waals surface area contributed by atoms with Crippen LogP contribution in [0.4, 0.5) is 0 Å². The van der Waals surface area contributed by atoms with Gasteiger partial charge in [0.1, 0.15) is 9.84 Å². The highest BCUT2D eigenvalue weighted by molar-refractivity contribution is 7.93. The van der Waals surface area contributed by atoms with Crippen LogP contribution in [0.3, 0.4) is 0 Å². The lowest BCUT2D eigenvalue weighted by atomic mass is 10.3. The third-order valence-corrected chi connectivity index (χ3v) is 5.11. The molecule has 1 N–H and O–H groups in total. The molecule has 6 nitrogen and oxygen atoms in total. The van der Waals surface area contributed by atoms with Crippen molar-refractivity contribution in [2.75, 3.05) is 31.4 Å². The summed E-state index contributed by atoms with van der Waals surface area (Å²) in [6.07, 6.45) is 0.750.